The van der Waals surface area contributed by atoms with Crippen molar-refractivity contribution in [3.63, 3.8) is 0 Å². The molecule has 2 saturated heterocycles. The molecule has 0 radical (unpaired) electrons. The van der Waals surface area contributed by atoms with Crippen LogP contribution in [-0.2, 0) is 4.79 Å². The van der Waals surface area contributed by atoms with E-state index < -0.39 is 0 Å². The average molecular weight is 400 g/mol. The maximum atomic E-state index is 13.0. The van der Waals surface area contributed by atoms with E-state index in [0.29, 0.717) is 12.3 Å². The fourth-order valence-corrected chi connectivity index (χ4v) is 5.30. The Kier molecular flexibility index (Phi) is 5.97. The lowest BCUT2D eigenvalue weighted by molar-refractivity contribution is -0.133. The van der Waals surface area contributed by atoms with E-state index in [1.165, 1.54) is 0 Å². The smallest absolute Gasteiger partial charge is 0.263 e. The van der Waals surface area contributed by atoms with Crippen molar-refractivity contribution in [2.45, 2.75) is 25.7 Å². The van der Waals surface area contributed by atoms with Crippen molar-refractivity contribution in [3.05, 3.63) is 35.2 Å². The minimum Gasteiger partial charge on any atom is -0.340 e. The third-order valence-corrected chi connectivity index (χ3v) is 7.17. The quantitative estimate of drug-likeness (QED) is 0.792. The summed E-state index contributed by atoms with van der Waals surface area (Å²) in [6.07, 6.45) is 3.65. The summed E-state index contributed by atoms with van der Waals surface area (Å²) in [6.45, 7) is 5.23. The predicted molar refractivity (Wildman–Crippen MR) is 114 cm³/mol. The highest BCUT2D eigenvalue weighted by molar-refractivity contribution is 7.20. The lowest BCUT2D eigenvalue weighted by Crippen LogP contribution is -2.47. The van der Waals surface area contributed by atoms with Gasteiger partial charge in [0.2, 0.25) is 5.91 Å². The van der Waals surface area contributed by atoms with Crippen molar-refractivity contribution in [1.29, 1.82) is 0 Å². The van der Waals surface area contributed by atoms with Crippen LogP contribution in [0, 0.1) is 5.92 Å². The number of fused-ring (bicyclic) bond motifs is 1. The first kappa shape index (κ1) is 19.4. The Morgan fingerprint density at radius 1 is 1.07 bits per heavy atom. The number of thiophene rings is 1. The van der Waals surface area contributed by atoms with Gasteiger partial charge in [-0.05, 0) is 49.7 Å². The van der Waals surface area contributed by atoms with Gasteiger partial charge in [-0.3, -0.25) is 9.59 Å². The third-order valence-electron chi connectivity index (χ3n) is 6.06. The summed E-state index contributed by atoms with van der Waals surface area (Å²) < 4.78 is 1.16. The fourth-order valence-electron chi connectivity index (χ4n) is 4.27. The molecule has 0 bridgehead atoms. The van der Waals surface area contributed by atoms with E-state index in [4.69, 9.17) is 0 Å². The first-order valence-electron chi connectivity index (χ1n) is 10.3. The van der Waals surface area contributed by atoms with Crippen LogP contribution in [0.25, 0.3) is 10.1 Å². The van der Waals surface area contributed by atoms with Crippen LogP contribution in [0.5, 0.6) is 0 Å². The number of likely N-dealkylation sites (N-methyl/N-ethyl adjacent to an activating group) is 1. The Balaban J connectivity index is 1.31. The van der Waals surface area contributed by atoms with Gasteiger partial charge in [-0.25, -0.2) is 0 Å². The molecule has 0 spiro atoms. The minimum atomic E-state index is 0.149. The number of likely N-dealkylation sites (tertiary alicyclic amines) is 1. The minimum absolute atomic E-state index is 0.149. The van der Waals surface area contributed by atoms with Crippen molar-refractivity contribution in [1.82, 2.24) is 14.7 Å². The van der Waals surface area contributed by atoms with Crippen LogP contribution in [0.1, 0.15) is 35.4 Å². The summed E-state index contributed by atoms with van der Waals surface area (Å²) in [5, 5.41) is 1.14. The standard InChI is InChI=1S/C22H29N3O2S/c1-23-11-13-24(14-12-23)21(26)9-8-17-5-4-10-25(16-17)22(27)20-15-18-6-2-3-7-19(18)28-20/h2-3,6-7,15,17H,4-5,8-14,16H2,1H3/t17-/m0/s1. The zero-order valence-electron chi connectivity index (χ0n) is 16.6. The molecule has 0 N–H and O–H groups in total. The largest absolute Gasteiger partial charge is 0.340 e. The van der Waals surface area contributed by atoms with Crippen LogP contribution in [0.2, 0.25) is 0 Å². The summed E-state index contributed by atoms with van der Waals surface area (Å²) in [4.78, 5) is 32.6. The predicted octanol–water partition coefficient (Wildman–Crippen LogP) is 3.31. The number of carbonyl (C=O) groups is 2. The van der Waals surface area contributed by atoms with E-state index in [2.05, 4.69) is 24.1 Å². The van der Waals surface area contributed by atoms with Crippen molar-refractivity contribution >= 4 is 33.2 Å². The number of piperidine rings is 1. The highest BCUT2D eigenvalue weighted by Crippen LogP contribution is 2.29. The van der Waals surface area contributed by atoms with E-state index in [1.807, 2.05) is 28.0 Å². The molecule has 2 aromatic rings. The van der Waals surface area contributed by atoms with Crippen LogP contribution in [-0.4, -0.2) is 72.8 Å². The Morgan fingerprint density at radius 2 is 1.86 bits per heavy atom. The summed E-state index contributed by atoms with van der Waals surface area (Å²) in [6, 6.07) is 10.2. The van der Waals surface area contributed by atoms with Crippen LogP contribution in [0.4, 0.5) is 0 Å². The van der Waals surface area contributed by atoms with Crippen molar-refractivity contribution in [2.24, 2.45) is 5.92 Å². The van der Waals surface area contributed by atoms with Gasteiger partial charge in [-0.2, -0.15) is 0 Å². The van der Waals surface area contributed by atoms with Gasteiger partial charge in [0, 0.05) is 50.4 Å². The Bertz CT molecular complexity index is 808. The maximum Gasteiger partial charge on any atom is 0.263 e. The molecule has 2 fully saturated rings. The molecule has 0 aliphatic carbocycles. The van der Waals surface area contributed by atoms with Gasteiger partial charge in [0.15, 0.2) is 0 Å². The van der Waals surface area contributed by atoms with Crippen LogP contribution >= 0.6 is 11.3 Å². The molecule has 1 aromatic heterocycles. The molecule has 0 unspecified atom stereocenters. The Labute approximate surface area is 170 Å². The summed E-state index contributed by atoms with van der Waals surface area (Å²) in [5.41, 5.74) is 0. The van der Waals surface area contributed by atoms with Crippen molar-refractivity contribution in [3.8, 4) is 0 Å². The summed E-state index contributed by atoms with van der Waals surface area (Å²) >= 11 is 1.58. The number of amides is 2. The van der Waals surface area contributed by atoms with Gasteiger partial charge in [-0.1, -0.05) is 18.2 Å². The van der Waals surface area contributed by atoms with Gasteiger partial charge >= 0.3 is 0 Å². The van der Waals surface area contributed by atoms with Gasteiger partial charge in [0.05, 0.1) is 4.88 Å². The number of nitrogens with zero attached hydrogens (tertiary/aromatic N) is 3. The molecule has 2 aliphatic rings. The van der Waals surface area contributed by atoms with E-state index in [9.17, 15) is 9.59 Å². The molecule has 150 valence electrons. The molecule has 4 rings (SSSR count). The number of carbonyl (C=O) groups excluding carboxylic acids is 2. The number of benzene rings is 1. The summed E-state index contributed by atoms with van der Waals surface area (Å²) in [5.74, 6) is 0.862. The fraction of sp³-hybridized carbons (Fsp3) is 0.545. The molecule has 2 aliphatic heterocycles. The molecular weight excluding hydrogens is 370 g/mol. The monoisotopic (exact) mass is 399 g/mol. The number of hydrogen-bond donors (Lipinski definition) is 0. The molecule has 28 heavy (non-hydrogen) atoms. The van der Waals surface area contributed by atoms with Crippen molar-refractivity contribution in [2.75, 3.05) is 46.3 Å². The first-order chi connectivity index (χ1) is 13.6. The second kappa shape index (κ2) is 8.62. The lowest BCUT2D eigenvalue weighted by Gasteiger charge is -2.34. The van der Waals surface area contributed by atoms with E-state index in [0.717, 1.165) is 73.5 Å². The van der Waals surface area contributed by atoms with E-state index in [1.54, 1.807) is 11.3 Å². The number of hydrogen-bond acceptors (Lipinski definition) is 4. The van der Waals surface area contributed by atoms with Crippen LogP contribution < -0.4 is 0 Å². The molecular formula is C22H29N3O2S. The molecule has 5 nitrogen and oxygen atoms in total. The zero-order valence-corrected chi connectivity index (χ0v) is 17.4. The van der Waals surface area contributed by atoms with E-state index >= 15 is 0 Å². The first-order valence-corrected chi connectivity index (χ1v) is 11.2. The topological polar surface area (TPSA) is 43.9 Å². The van der Waals surface area contributed by atoms with Gasteiger partial charge in [0.1, 0.15) is 0 Å². The van der Waals surface area contributed by atoms with Crippen LogP contribution in [0.15, 0.2) is 30.3 Å². The maximum absolute atomic E-state index is 13.0. The Morgan fingerprint density at radius 3 is 2.64 bits per heavy atom. The highest BCUT2D eigenvalue weighted by atomic mass is 32.1. The normalized spacial score (nSPS) is 21.2. The molecule has 2 amide bonds. The van der Waals surface area contributed by atoms with E-state index in [-0.39, 0.29) is 11.8 Å². The highest BCUT2D eigenvalue weighted by Gasteiger charge is 2.27. The van der Waals surface area contributed by atoms with Crippen molar-refractivity contribution < 1.29 is 9.59 Å². The second-order valence-electron chi connectivity index (χ2n) is 8.13. The number of rotatable bonds is 4. The average Bonchev–Trinajstić information content (AvgIpc) is 3.16. The lowest BCUT2D eigenvalue weighted by atomic mass is 9.93. The number of piperazine rings is 1. The second-order valence-corrected chi connectivity index (χ2v) is 9.21. The van der Waals surface area contributed by atoms with Gasteiger partial charge < -0.3 is 14.7 Å². The molecule has 6 heteroatoms. The SMILES string of the molecule is CN1CCN(C(=O)CC[C@@H]2CCCN(C(=O)c3cc4ccccc4s3)C2)CC1. The van der Waals surface area contributed by atoms with Crippen LogP contribution in [0.3, 0.4) is 0 Å². The molecule has 3 heterocycles. The molecule has 0 saturated carbocycles. The molecule has 1 aromatic carbocycles. The Hall–Kier alpha value is -1.92. The summed E-state index contributed by atoms with van der Waals surface area (Å²) in [7, 11) is 2.10. The zero-order chi connectivity index (χ0) is 19.5. The molecule has 1 atom stereocenters. The van der Waals surface area contributed by atoms with Gasteiger partial charge in [0.25, 0.3) is 5.91 Å². The van der Waals surface area contributed by atoms with Gasteiger partial charge in [-0.15, -0.1) is 11.3 Å². The third kappa shape index (κ3) is 4.39.